The highest BCUT2D eigenvalue weighted by atomic mass is 15.2. The second-order valence-electron chi connectivity index (χ2n) is 9.07. The molecule has 2 aliphatic heterocycles. The molecule has 0 saturated heterocycles. The molecule has 0 amide bonds. The Balaban J connectivity index is 1.83. The van der Waals surface area contributed by atoms with E-state index in [0.29, 0.717) is 0 Å². The van der Waals surface area contributed by atoms with Crippen LogP contribution in [0.5, 0.6) is 0 Å². The number of allylic oxidation sites excluding steroid dienone is 10. The van der Waals surface area contributed by atoms with Gasteiger partial charge in [-0.2, -0.15) is 4.58 Å². The molecule has 0 atom stereocenters. The third kappa shape index (κ3) is 3.45. The largest absolute Gasteiger partial charge is 0.347 e. The quantitative estimate of drug-likeness (QED) is 0.402. The van der Waals surface area contributed by atoms with Crippen molar-refractivity contribution in [2.24, 2.45) is 5.41 Å². The second kappa shape index (κ2) is 8.10. The van der Waals surface area contributed by atoms with E-state index in [0.717, 1.165) is 0 Å². The van der Waals surface area contributed by atoms with Crippen molar-refractivity contribution < 1.29 is 4.58 Å². The zero-order valence-corrected chi connectivity index (χ0v) is 19.5. The van der Waals surface area contributed by atoms with Crippen LogP contribution in [0.4, 0.5) is 5.69 Å². The lowest BCUT2D eigenvalue weighted by Gasteiger charge is -2.23. The third-order valence-corrected chi connectivity index (χ3v) is 6.51. The Kier molecular flexibility index (Phi) is 5.90. The SMILES string of the molecule is C=CC1=C(/C=C\C)C(C)(C)C(/C=C/C=C/C=C2/N(C)c3ccccc3C2(C)C)=[N+]1C. The van der Waals surface area contributed by atoms with E-state index < -0.39 is 0 Å². The molecule has 0 radical (unpaired) electrons. The summed E-state index contributed by atoms with van der Waals surface area (Å²) in [4.78, 5) is 2.30. The smallest absolute Gasteiger partial charge is 0.208 e. The van der Waals surface area contributed by atoms with Crippen LogP contribution in [0.3, 0.4) is 0 Å². The number of hydrogen-bond donors (Lipinski definition) is 0. The van der Waals surface area contributed by atoms with Gasteiger partial charge in [0.25, 0.3) is 0 Å². The minimum atomic E-state index is -0.0527. The van der Waals surface area contributed by atoms with Gasteiger partial charge in [-0.25, -0.2) is 0 Å². The van der Waals surface area contributed by atoms with Crippen LogP contribution in [0.15, 0.2) is 96.4 Å². The molecule has 30 heavy (non-hydrogen) atoms. The van der Waals surface area contributed by atoms with E-state index in [-0.39, 0.29) is 10.8 Å². The molecule has 1 aromatic carbocycles. The summed E-state index contributed by atoms with van der Waals surface area (Å²) in [5.41, 5.74) is 7.69. The minimum absolute atomic E-state index is 0.00593. The number of nitrogens with zero attached hydrogens (tertiary/aromatic N) is 2. The summed E-state index contributed by atoms with van der Waals surface area (Å²) in [5, 5.41) is 0. The van der Waals surface area contributed by atoms with Gasteiger partial charge in [0.1, 0.15) is 7.05 Å². The number of para-hydroxylation sites is 1. The van der Waals surface area contributed by atoms with Gasteiger partial charge in [-0.1, -0.05) is 69.0 Å². The highest BCUT2D eigenvalue weighted by Crippen LogP contribution is 2.46. The molecule has 2 heterocycles. The average Bonchev–Trinajstić information content (AvgIpc) is 3.01. The van der Waals surface area contributed by atoms with Crippen molar-refractivity contribution in [3.63, 3.8) is 0 Å². The van der Waals surface area contributed by atoms with Crippen LogP contribution in [-0.4, -0.2) is 24.4 Å². The highest BCUT2D eigenvalue weighted by molar-refractivity contribution is 6.00. The fourth-order valence-corrected chi connectivity index (χ4v) is 4.87. The Morgan fingerprint density at radius 2 is 1.67 bits per heavy atom. The van der Waals surface area contributed by atoms with Crippen molar-refractivity contribution in [1.29, 1.82) is 0 Å². The number of rotatable bonds is 5. The van der Waals surface area contributed by atoms with Gasteiger partial charge < -0.3 is 4.90 Å². The van der Waals surface area contributed by atoms with Crippen LogP contribution in [0.1, 0.15) is 40.2 Å². The molecule has 2 nitrogen and oxygen atoms in total. The molecule has 1 aromatic rings. The summed E-state index contributed by atoms with van der Waals surface area (Å²) in [6.07, 6.45) is 17.1. The lowest BCUT2D eigenvalue weighted by molar-refractivity contribution is -0.435. The Morgan fingerprint density at radius 1 is 0.967 bits per heavy atom. The van der Waals surface area contributed by atoms with Gasteiger partial charge in [-0.05, 0) is 38.5 Å². The normalized spacial score (nSPS) is 21.8. The van der Waals surface area contributed by atoms with Crippen molar-refractivity contribution in [2.45, 2.75) is 40.0 Å². The molecule has 0 saturated carbocycles. The third-order valence-electron chi connectivity index (χ3n) is 6.51. The summed E-state index contributed by atoms with van der Waals surface area (Å²) in [7, 11) is 4.27. The van der Waals surface area contributed by atoms with Crippen LogP contribution in [-0.2, 0) is 5.41 Å². The van der Waals surface area contributed by atoms with Crippen LogP contribution in [0, 0.1) is 5.41 Å². The Labute approximate surface area is 182 Å². The molecule has 2 aliphatic rings. The molecule has 156 valence electrons. The van der Waals surface area contributed by atoms with Crippen LogP contribution in [0.25, 0.3) is 0 Å². The molecule has 3 rings (SSSR count). The van der Waals surface area contributed by atoms with Gasteiger partial charge in [0.05, 0.1) is 5.41 Å². The van der Waals surface area contributed by atoms with Crippen molar-refractivity contribution in [2.75, 3.05) is 19.0 Å². The van der Waals surface area contributed by atoms with Crippen molar-refractivity contribution in [3.8, 4) is 0 Å². The molecule has 0 aliphatic carbocycles. The maximum Gasteiger partial charge on any atom is 0.208 e. The fourth-order valence-electron chi connectivity index (χ4n) is 4.87. The predicted molar refractivity (Wildman–Crippen MR) is 131 cm³/mol. The van der Waals surface area contributed by atoms with E-state index in [1.54, 1.807) is 0 Å². The first-order valence-electron chi connectivity index (χ1n) is 10.7. The zero-order chi connectivity index (χ0) is 22.1. The number of likely N-dealkylation sites (N-methyl/N-ethyl adjacent to an activating group) is 2. The first kappa shape index (κ1) is 21.8. The van der Waals surface area contributed by atoms with E-state index in [2.05, 4.69) is 132 Å². The molecule has 0 spiro atoms. The van der Waals surface area contributed by atoms with Crippen LogP contribution < -0.4 is 4.90 Å². The second-order valence-corrected chi connectivity index (χ2v) is 9.07. The summed E-state index contributed by atoms with van der Waals surface area (Å²) >= 11 is 0. The highest BCUT2D eigenvalue weighted by Gasteiger charge is 2.42. The summed E-state index contributed by atoms with van der Waals surface area (Å²) in [6, 6.07) is 8.66. The van der Waals surface area contributed by atoms with Gasteiger partial charge >= 0.3 is 0 Å². The molecule has 0 N–H and O–H groups in total. The topological polar surface area (TPSA) is 6.25 Å². The van der Waals surface area contributed by atoms with Gasteiger partial charge in [-0.3, -0.25) is 0 Å². The van der Waals surface area contributed by atoms with E-state index in [1.807, 2.05) is 6.08 Å². The molecule has 0 aromatic heterocycles. The van der Waals surface area contributed by atoms with Crippen LogP contribution >= 0.6 is 0 Å². The molecular formula is C28H35N2+. The van der Waals surface area contributed by atoms with Crippen molar-refractivity contribution >= 4 is 11.4 Å². The number of hydrogen-bond acceptors (Lipinski definition) is 1. The summed E-state index contributed by atoms with van der Waals surface area (Å²) in [6.45, 7) is 15.2. The van der Waals surface area contributed by atoms with E-state index in [4.69, 9.17) is 0 Å². The molecule has 0 bridgehead atoms. The zero-order valence-electron chi connectivity index (χ0n) is 19.5. The Morgan fingerprint density at radius 3 is 2.30 bits per heavy atom. The first-order valence-corrected chi connectivity index (χ1v) is 10.7. The Hall–Kier alpha value is -2.87. The maximum absolute atomic E-state index is 4.02. The monoisotopic (exact) mass is 399 g/mol. The van der Waals surface area contributed by atoms with Crippen LogP contribution in [0.2, 0.25) is 0 Å². The predicted octanol–water partition coefficient (Wildman–Crippen LogP) is 6.55. The maximum atomic E-state index is 4.02. The molecule has 2 heteroatoms. The minimum Gasteiger partial charge on any atom is -0.347 e. The van der Waals surface area contributed by atoms with Gasteiger partial charge in [0.15, 0.2) is 5.71 Å². The first-order chi connectivity index (χ1) is 14.2. The Bertz CT molecular complexity index is 1040. The number of fused-ring (bicyclic) bond motifs is 1. The average molecular weight is 400 g/mol. The van der Waals surface area contributed by atoms with E-state index in [9.17, 15) is 0 Å². The fraction of sp³-hybridized carbons (Fsp3) is 0.321. The van der Waals surface area contributed by atoms with E-state index in [1.165, 1.54) is 33.9 Å². The lowest BCUT2D eigenvalue weighted by Crippen LogP contribution is -2.24. The summed E-state index contributed by atoms with van der Waals surface area (Å²) < 4.78 is 2.25. The van der Waals surface area contributed by atoms with Gasteiger partial charge in [-0.15, -0.1) is 0 Å². The van der Waals surface area contributed by atoms with Gasteiger partial charge in [0.2, 0.25) is 5.70 Å². The lowest BCUT2D eigenvalue weighted by atomic mass is 9.80. The number of benzene rings is 1. The van der Waals surface area contributed by atoms with E-state index >= 15 is 0 Å². The van der Waals surface area contributed by atoms with Crippen molar-refractivity contribution in [1.82, 2.24) is 0 Å². The summed E-state index contributed by atoms with van der Waals surface area (Å²) in [5.74, 6) is 0. The van der Waals surface area contributed by atoms with Crippen molar-refractivity contribution in [3.05, 3.63) is 102 Å². The molecular weight excluding hydrogens is 364 g/mol. The number of anilines is 1. The standard InChI is InChI=1S/C28H35N2/c1-9-16-21-23(10-2)29(7)25(27(21,3)4)19-12-11-13-20-26-28(5,6)22-17-14-15-18-24(22)30(26)8/h9-20H,2H2,1,3-8H3/q+1/b16-9-. The molecule has 0 unspecified atom stereocenters. The molecule has 0 fully saturated rings. The van der Waals surface area contributed by atoms with Gasteiger partial charge in [0, 0.05) is 41.6 Å².